The summed E-state index contributed by atoms with van der Waals surface area (Å²) >= 11 is 1.48. The second-order valence-corrected chi connectivity index (χ2v) is 11.8. The van der Waals surface area contributed by atoms with Crippen molar-refractivity contribution in [2.24, 2.45) is 22.2 Å². The lowest BCUT2D eigenvalue weighted by molar-refractivity contribution is -0.142. The number of carbonyl (C=O) groups is 4. The van der Waals surface area contributed by atoms with E-state index in [9.17, 15) is 29.4 Å². The molecule has 0 radical (unpaired) electrons. The van der Waals surface area contributed by atoms with Gasteiger partial charge in [0.1, 0.15) is 23.9 Å². The number of hydrogen-bond donors (Lipinski definition) is 9. The van der Waals surface area contributed by atoms with Crippen LogP contribution < -0.4 is 33.2 Å². The standard InChI is InChI=1S/C31H42N8O6S/c1-46-14-12-24(37-27(41)22(32)6-4-13-35-31(33)34)28(42)38-25(16-19-17-36-23-7-3-2-5-21(19)23)29(43)39-26(30(44)45)15-18-8-10-20(40)11-9-18/h2-3,5,7-11,17,22,24-26,36,40H,4,6,12-16,32H2,1H3,(H,37,41)(H,38,42)(H,39,43)(H,44,45)(H4,33,34,35). The molecule has 12 N–H and O–H groups in total. The van der Waals surface area contributed by atoms with Crippen molar-refractivity contribution in [1.29, 1.82) is 0 Å². The largest absolute Gasteiger partial charge is 0.508 e. The van der Waals surface area contributed by atoms with E-state index < -0.39 is 47.9 Å². The van der Waals surface area contributed by atoms with Crippen molar-refractivity contribution in [3.8, 4) is 5.75 Å². The number of phenols is 1. The summed E-state index contributed by atoms with van der Waals surface area (Å²) in [5.41, 5.74) is 18.9. The molecular weight excluding hydrogens is 612 g/mol. The van der Waals surface area contributed by atoms with E-state index in [1.165, 1.54) is 23.9 Å². The van der Waals surface area contributed by atoms with Crippen molar-refractivity contribution in [3.63, 3.8) is 0 Å². The number of phenolic OH excluding ortho intramolecular Hbond substituents is 1. The highest BCUT2D eigenvalue weighted by atomic mass is 32.2. The Morgan fingerprint density at radius 3 is 2.22 bits per heavy atom. The highest BCUT2D eigenvalue weighted by molar-refractivity contribution is 7.98. The van der Waals surface area contributed by atoms with Crippen LogP contribution in [0.4, 0.5) is 0 Å². The van der Waals surface area contributed by atoms with Crippen LogP contribution in [0.15, 0.2) is 59.7 Å². The Hall–Kier alpha value is -4.76. The number of aliphatic carboxylic acids is 1. The zero-order valence-electron chi connectivity index (χ0n) is 25.6. The van der Waals surface area contributed by atoms with Crippen molar-refractivity contribution in [2.45, 2.75) is 56.3 Å². The van der Waals surface area contributed by atoms with Crippen LogP contribution >= 0.6 is 11.8 Å². The molecule has 3 aromatic rings. The van der Waals surface area contributed by atoms with Crippen LogP contribution in [0.25, 0.3) is 10.9 Å². The Labute approximate surface area is 271 Å². The lowest BCUT2D eigenvalue weighted by Gasteiger charge is -2.25. The molecule has 0 spiro atoms. The van der Waals surface area contributed by atoms with Gasteiger partial charge in [-0.2, -0.15) is 11.8 Å². The number of aliphatic imine (C=N–C) groups is 1. The summed E-state index contributed by atoms with van der Waals surface area (Å²) in [6.45, 7) is 0.300. The monoisotopic (exact) mass is 654 g/mol. The zero-order chi connectivity index (χ0) is 33.6. The van der Waals surface area contributed by atoms with Crippen LogP contribution in [-0.4, -0.2) is 87.6 Å². The predicted octanol–water partition coefficient (Wildman–Crippen LogP) is 0.332. The zero-order valence-corrected chi connectivity index (χ0v) is 26.4. The topological polar surface area (TPSA) is 251 Å². The quantitative estimate of drug-likeness (QED) is 0.0516. The molecule has 0 aliphatic carbocycles. The minimum atomic E-state index is -1.32. The number of para-hydroxylation sites is 1. The fourth-order valence-electron chi connectivity index (χ4n) is 4.78. The van der Waals surface area contributed by atoms with Gasteiger partial charge in [-0.15, -0.1) is 0 Å². The molecule has 3 amide bonds. The Morgan fingerprint density at radius 2 is 1.54 bits per heavy atom. The molecule has 1 aromatic heterocycles. The number of guanidine groups is 1. The molecule has 248 valence electrons. The molecular formula is C31H42N8O6S. The number of carbonyl (C=O) groups excluding carboxylic acids is 3. The predicted molar refractivity (Wildman–Crippen MR) is 178 cm³/mol. The summed E-state index contributed by atoms with van der Waals surface area (Å²) in [4.78, 5) is 59.4. The van der Waals surface area contributed by atoms with Crippen molar-refractivity contribution >= 4 is 52.3 Å². The Balaban J connectivity index is 1.80. The van der Waals surface area contributed by atoms with Crippen LogP contribution in [0.2, 0.25) is 0 Å². The van der Waals surface area contributed by atoms with Gasteiger partial charge >= 0.3 is 5.97 Å². The third-order valence-electron chi connectivity index (χ3n) is 7.27. The highest BCUT2D eigenvalue weighted by Crippen LogP contribution is 2.20. The minimum Gasteiger partial charge on any atom is -0.508 e. The number of H-pyrrole nitrogens is 1. The number of aromatic nitrogens is 1. The Morgan fingerprint density at radius 1 is 0.891 bits per heavy atom. The maximum Gasteiger partial charge on any atom is 0.326 e. The van der Waals surface area contributed by atoms with Crippen molar-refractivity contribution < 1.29 is 29.4 Å². The van der Waals surface area contributed by atoms with E-state index in [4.69, 9.17) is 17.2 Å². The summed E-state index contributed by atoms with van der Waals surface area (Å²) in [7, 11) is 0. The van der Waals surface area contributed by atoms with Crippen LogP contribution in [0.5, 0.6) is 5.75 Å². The second kappa shape index (κ2) is 17.7. The molecule has 0 bridgehead atoms. The van der Waals surface area contributed by atoms with Crippen LogP contribution in [-0.2, 0) is 32.0 Å². The number of nitrogens with zero attached hydrogens (tertiary/aromatic N) is 1. The number of aromatic hydroxyl groups is 1. The Bertz CT molecular complexity index is 1510. The fourth-order valence-corrected chi connectivity index (χ4v) is 5.25. The number of rotatable bonds is 18. The third kappa shape index (κ3) is 11.0. The molecule has 4 atom stereocenters. The maximum atomic E-state index is 13.7. The summed E-state index contributed by atoms with van der Waals surface area (Å²) in [5, 5.41) is 28.3. The van der Waals surface area contributed by atoms with E-state index in [1.54, 1.807) is 18.3 Å². The third-order valence-corrected chi connectivity index (χ3v) is 7.91. The number of benzene rings is 2. The van der Waals surface area contributed by atoms with Gasteiger partial charge in [-0.25, -0.2) is 4.79 Å². The lowest BCUT2D eigenvalue weighted by atomic mass is 10.0. The van der Waals surface area contributed by atoms with Gasteiger partial charge in [0.15, 0.2) is 5.96 Å². The van der Waals surface area contributed by atoms with E-state index >= 15 is 0 Å². The molecule has 15 heteroatoms. The number of thioether (sulfide) groups is 1. The number of nitrogens with two attached hydrogens (primary N) is 3. The molecule has 3 rings (SSSR count). The van der Waals surface area contributed by atoms with Crippen LogP contribution in [0, 0.1) is 0 Å². The van der Waals surface area contributed by atoms with Gasteiger partial charge in [-0.3, -0.25) is 19.4 Å². The van der Waals surface area contributed by atoms with E-state index in [2.05, 4.69) is 25.9 Å². The van der Waals surface area contributed by atoms with Gasteiger partial charge in [-0.05, 0) is 60.6 Å². The molecule has 2 aromatic carbocycles. The number of carboxylic acid groups (broad SMARTS) is 1. The molecule has 0 fully saturated rings. The molecule has 46 heavy (non-hydrogen) atoms. The smallest absolute Gasteiger partial charge is 0.326 e. The van der Waals surface area contributed by atoms with E-state index in [0.717, 1.165) is 16.5 Å². The lowest BCUT2D eigenvalue weighted by Crippen LogP contribution is -2.58. The van der Waals surface area contributed by atoms with E-state index in [-0.39, 0.29) is 37.4 Å². The number of nitrogens with one attached hydrogen (secondary N) is 4. The van der Waals surface area contributed by atoms with Crippen LogP contribution in [0.1, 0.15) is 30.4 Å². The maximum absolute atomic E-state index is 13.7. The summed E-state index contributed by atoms with van der Waals surface area (Å²) in [6.07, 6.45) is 4.58. The molecule has 0 saturated heterocycles. The summed E-state index contributed by atoms with van der Waals surface area (Å²) in [6, 6.07) is 9.01. The first-order chi connectivity index (χ1) is 22.0. The number of hydrogen-bond acceptors (Lipinski definition) is 8. The average molecular weight is 655 g/mol. The number of carboxylic acids is 1. The Kier molecular flexibility index (Phi) is 13.7. The number of aromatic amines is 1. The molecule has 1 heterocycles. The molecule has 14 nitrogen and oxygen atoms in total. The fraction of sp³-hybridized carbons (Fsp3) is 0.387. The molecule has 0 aliphatic rings. The highest BCUT2D eigenvalue weighted by Gasteiger charge is 2.31. The SMILES string of the molecule is CSCCC(NC(=O)C(N)CCCN=C(N)N)C(=O)NC(Cc1c[nH]c2ccccc12)C(=O)NC(Cc1ccc(O)cc1)C(=O)O. The van der Waals surface area contributed by atoms with Crippen molar-refractivity contribution in [2.75, 3.05) is 18.6 Å². The van der Waals surface area contributed by atoms with Gasteiger partial charge in [0.2, 0.25) is 17.7 Å². The first kappa shape index (κ1) is 35.7. The first-order valence-corrected chi connectivity index (χ1v) is 16.1. The van der Waals surface area contributed by atoms with Crippen molar-refractivity contribution in [1.82, 2.24) is 20.9 Å². The van der Waals surface area contributed by atoms with E-state index in [0.29, 0.717) is 24.3 Å². The second-order valence-electron chi connectivity index (χ2n) is 10.8. The average Bonchev–Trinajstić information content (AvgIpc) is 3.43. The number of fused-ring (bicyclic) bond motifs is 1. The van der Waals surface area contributed by atoms with Gasteiger partial charge in [0.25, 0.3) is 0 Å². The van der Waals surface area contributed by atoms with Crippen molar-refractivity contribution in [3.05, 3.63) is 65.9 Å². The molecule has 0 saturated carbocycles. The summed E-state index contributed by atoms with van der Waals surface area (Å²) in [5.74, 6) is -2.63. The van der Waals surface area contributed by atoms with Gasteiger partial charge < -0.3 is 48.3 Å². The molecule has 0 aliphatic heterocycles. The molecule has 4 unspecified atom stereocenters. The normalized spacial score (nSPS) is 13.6. The first-order valence-electron chi connectivity index (χ1n) is 14.7. The van der Waals surface area contributed by atoms with Gasteiger partial charge in [0.05, 0.1) is 6.04 Å². The summed E-state index contributed by atoms with van der Waals surface area (Å²) < 4.78 is 0. The van der Waals surface area contributed by atoms with Gasteiger partial charge in [0, 0.05) is 36.5 Å². The minimum absolute atomic E-state index is 0.0242. The van der Waals surface area contributed by atoms with Gasteiger partial charge in [-0.1, -0.05) is 30.3 Å². The van der Waals surface area contributed by atoms with Crippen LogP contribution in [0.3, 0.4) is 0 Å². The number of amides is 3. The van der Waals surface area contributed by atoms with E-state index in [1.807, 2.05) is 30.5 Å².